The number of nitrogens with one attached hydrogen (secondary N) is 3. The van der Waals surface area contributed by atoms with Gasteiger partial charge < -0.3 is 15.6 Å². The Balaban J connectivity index is 0.00000117. The van der Waals surface area contributed by atoms with E-state index in [0.29, 0.717) is 12.1 Å². The van der Waals surface area contributed by atoms with Gasteiger partial charge in [-0.1, -0.05) is 13.8 Å². The number of fused-ring (bicyclic) bond motifs is 1. The van der Waals surface area contributed by atoms with Crippen LogP contribution in [0, 0.1) is 6.92 Å². The molecule has 5 heteroatoms. The first-order chi connectivity index (χ1) is 12.7. The number of hydrogen-bond donors (Lipinski definition) is 3. The summed E-state index contributed by atoms with van der Waals surface area (Å²) in [5.74, 6) is 1.21. The summed E-state index contributed by atoms with van der Waals surface area (Å²) in [5, 5.41) is 7.96. The number of rotatable bonds is 6. The largest absolute Gasteiger partial charge is 0.361 e. The Morgan fingerprint density at radius 1 is 1.19 bits per heavy atom. The van der Waals surface area contributed by atoms with Gasteiger partial charge in [0.05, 0.1) is 11.1 Å². The van der Waals surface area contributed by atoms with Crippen LogP contribution in [0.2, 0.25) is 0 Å². The molecule has 26 heavy (non-hydrogen) atoms. The summed E-state index contributed by atoms with van der Waals surface area (Å²) in [6.45, 7) is 7.12. The van der Waals surface area contributed by atoms with E-state index in [9.17, 15) is 4.79 Å². The smallest absolute Gasteiger partial charge is 0.253 e. The van der Waals surface area contributed by atoms with Gasteiger partial charge in [-0.15, -0.1) is 0 Å². The van der Waals surface area contributed by atoms with Gasteiger partial charge in [0.1, 0.15) is 0 Å². The molecule has 4 nitrogen and oxygen atoms in total. The lowest BCUT2D eigenvalue weighted by atomic mass is 9.91. The molecule has 1 aromatic heterocycles. The van der Waals surface area contributed by atoms with Crippen molar-refractivity contribution in [2.24, 2.45) is 0 Å². The van der Waals surface area contributed by atoms with Crippen molar-refractivity contribution in [1.82, 2.24) is 15.6 Å². The summed E-state index contributed by atoms with van der Waals surface area (Å²) in [7, 11) is 0. The van der Waals surface area contributed by atoms with Gasteiger partial charge in [0.25, 0.3) is 5.91 Å². The van der Waals surface area contributed by atoms with E-state index in [1.807, 2.05) is 50.9 Å². The third-order valence-corrected chi connectivity index (χ3v) is 5.46. The van der Waals surface area contributed by atoms with Gasteiger partial charge in [0.2, 0.25) is 0 Å². The zero-order chi connectivity index (χ0) is 18.9. The molecule has 1 aromatic carbocycles. The molecule has 0 atom stereocenters. The maximum atomic E-state index is 12.7. The molecule has 1 aliphatic rings. The number of amides is 1. The molecule has 0 saturated heterocycles. The van der Waals surface area contributed by atoms with E-state index in [0.717, 1.165) is 60.0 Å². The average molecular weight is 376 g/mol. The number of thioether (sulfide) groups is 1. The van der Waals surface area contributed by atoms with E-state index in [4.69, 9.17) is 0 Å². The van der Waals surface area contributed by atoms with Crippen LogP contribution in [-0.2, 0) is 0 Å². The Labute approximate surface area is 161 Å². The number of hydrogen-bond acceptors (Lipinski definition) is 3. The molecular weight excluding hydrogens is 342 g/mol. The fraction of sp³-hybridized carbons (Fsp3) is 0.571. The van der Waals surface area contributed by atoms with Crippen molar-refractivity contribution in [3.8, 4) is 0 Å². The van der Waals surface area contributed by atoms with Crippen molar-refractivity contribution in [3.05, 3.63) is 35.5 Å². The van der Waals surface area contributed by atoms with Crippen LogP contribution in [0.25, 0.3) is 10.9 Å². The average Bonchev–Trinajstić information content (AvgIpc) is 3.12. The second-order valence-electron chi connectivity index (χ2n) is 6.72. The molecule has 0 radical (unpaired) electrons. The molecule has 1 aliphatic carbocycles. The van der Waals surface area contributed by atoms with Crippen LogP contribution in [-0.4, -0.2) is 41.5 Å². The van der Waals surface area contributed by atoms with Gasteiger partial charge in [-0.05, 0) is 62.6 Å². The predicted molar refractivity (Wildman–Crippen MR) is 114 cm³/mol. The number of aryl methyl sites for hydroxylation is 1. The van der Waals surface area contributed by atoms with Gasteiger partial charge in [0, 0.05) is 36.0 Å². The van der Waals surface area contributed by atoms with Crippen LogP contribution in [0.15, 0.2) is 24.4 Å². The Hall–Kier alpha value is -1.46. The van der Waals surface area contributed by atoms with Crippen LogP contribution in [0.5, 0.6) is 0 Å². The molecule has 1 fully saturated rings. The lowest BCUT2D eigenvalue weighted by molar-refractivity contribution is 0.0926. The summed E-state index contributed by atoms with van der Waals surface area (Å²) in [4.78, 5) is 15.9. The lowest BCUT2D eigenvalue weighted by Gasteiger charge is -2.29. The summed E-state index contributed by atoms with van der Waals surface area (Å²) in [5.41, 5.74) is 2.81. The summed E-state index contributed by atoms with van der Waals surface area (Å²) < 4.78 is 0. The van der Waals surface area contributed by atoms with Gasteiger partial charge in [-0.3, -0.25) is 4.79 Å². The quantitative estimate of drug-likeness (QED) is 0.652. The van der Waals surface area contributed by atoms with Crippen molar-refractivity contribution >= 4 is 28.6 Å². The third kappa shape index (κ3) is 5.52. The van der Waals surface area contributed by atoms with Gasteiger partial charge in [-0.2, -0.15) is 11.8 Å². The summed E-state index contributed by atoms with van der Waals surface area (Å²) in [6.07, 6.45) is 8.44. The van der Waals surface area contributed by atoms with Crippen molar-refractivity contribution in [2.75, 3.05) is 18.6 Å². The standard InChI is InChI=1S/C19H27N3OS.C2H6/c1-13-11-14-7-8-21-18(14)17(12-13)19(23)22-16-5-3-15(4-6-16)20-9-10-24-2;1-2/h7-8,11-12,15-16,20-21H,3-6,9-10H2,1-2H3,(H,22,23);1-2H3. The minimum Gasteiger partial charge on any atom is -0.361 e. The zero-order valence-corrected chi connectivity index (χ0v) is 17.3. The SMILES string of the molecule is CC.CSCCNC1CCC(NC(=O)c2cc(C)cc3cc[nH]c23)CC1. The van der Waals surface area contributed by atoms with Gasteiger partial charge in [-0.25, -0.2) is 0 Å². The van der Waals surface area contributed by atoms with Gasteiger partial charge >= 0.3 is 0 Å². The molecule has 3 rings (SSSR count). The monoisotopic (exact) mass is 375 g/mol. The number of carbonyl (C=O) groups is 1. The van der Waals surface area contributed by atoms with Crippen molar-refractivity contribution in [1.29, 1.82) is 0 Å². The first-order valence-corrected chi connectivity index (χ1v) is 11.2. The molecule has 3 N–H and O–H groups in total. The van der Waals surface area contributed by atoms with Crippen LogP contribution in [0.1, 0.15) is 55.5 Å². The minimum atomic E-state index is 0.0462. The topological polar surface area (TPSA) is 56.9 Å². The number of aromatic nitrogens is 1. The zero-order valence-electron chi connectivity index (χ0n) is 16.5. The van der Waals surface area contributed by atoms with Crippen molar-refractivity contribution in [3.63, 3.8) is 0 Å². The molecule has 0 aliphatic heterocycles. The minimum absolute atomic E-state index is 0.0462. The van der Waals surface area contributed by atoms with E-state index in [1.165, 1.54) is 0 Å². The molecule has 2 aromatic rings. The maximum Gasteiger partial charge on any atom is 0.253 e. The normalized spacial score (nSPS) is 19.7. The number of benzene rings is 1. The molecule has 1 saturated carbocycles. The Kier molecular flexibility index (Phi) is 8.52. The fourth-order valence-electron chi connectivity index (χ4n) is 3.57. The molecule has 1 heterocycles. The second kappa shape index (κ2) is 10.6. The van der Waals surface area contributed by atoms with E-state index in [-0.39, 0.29) is 5.91 Å². The van der Waals surface area contributed by atoms with E-state index >= 15 is 0 Å². The second-order valence-corrected chi connectivity index (χ2v) is 7.71. The predicted octanol–water partition coefficient (Wildman–Crippen LogP) is 4.50. The highest BCUT2D eigenvalue weighted by molar-refractivity contribution is 7.98. The third-order valence-electron chi connectivity index (χ3n) is 4.85. The highest BCUT2D eigenvalue weighted by Gasteiger charge is 2.23. The highest BCUT2D eigenvalue weighted by atomic mass is 32.2. The van der Waals surface area contributed by atoms with Gasteiger partial charge in [0.15, 0.2) is 0 Å². The number of carbonyl (C=O) groups excluding carboxylic acids is 1. The first kappa shape index (κ1) is 20.8. The lowest BCUT2D eigenvalue weighted by Crippen LogP contribution is -2.42. The fourth-order valence-corrected chi connectivity index (χ4v) is 3.89. The molecule has 1 amide bonds. The van der Waals surface area contributed by atoms with Crippen LogP contribution in [0.3, 0.4) is 0 Å². The van der Waals surface area contributed by atoms with Crippen LogP contribution in [0.4, 0.5) is 0 Å². The first-order valence-electron chi connectivity index (χ1n) is 9.78. The summed E-state index contributed by atoms with van der Waals surface area (Å²) >= 11 is 1.88. The van der Waals surface area contributed by atoms with Crippen LogP contribution < -0.4 is 10.6 Å². The van der Waals surface area contributed by atoms with E-state index < -0.39 is 0 Å². The summed E-state index contributed by atoms with van der Waals surface area (Å²) in [6, 6.07) is 7.00. The number of H-pyrrole nitrogens is 1. The van der Waals surface area contributed by atoms with Crippen molar-refractivity contribution < 1.29 is 4.79 Å². The molecule has 0 spiro atoms. The Morgan fingerprint density at radius 3 is 2.58 bits per heavy atom. The molecular formula is C21H33N3OS. The number of aromatic amines is 1. The van der Waals surface area contributed by atoms with E-state index in [1.54, 1.807) is 0 Å². The van der Waals surface area contributed by atoms with Crippen LogP contribution >= 0.6 is 11.8 Å². The van der Waals surface area contributed by atoms with Crippen molar-refractivity contribution in [2.45, 2.75) is 58.5 Å². The molecule has 0 unspecified atom stereocenters. The maximum absolute atomic E-state index is 12.7. The molecule has 144 valence electrons. The van der Waals surface area contributed by atoms with E-state index in [2.05, 4.69) is 27.9 Å². The highest BCUT2D eigenvalue weighted by Crippen LogP contribution is 2.22. The Bertz CT molecular complexity index is 690. The molecule has 0 bridgehead atoms. The Morgan fingerprint density at radius 2 is 1.88 bits per heavy atom.